The average Bonchev–Trinajstić information content (AvgIpc) is 3.10. The van der Waals surface area contributed by atoms with Crippen molar-refractivity contribution in [1.82, 2.24) is 19.7 Å². The molecule has 3 amide bonds. The van der Waals surface area contributed by atoms with Gasteiger partial charge in [-0.25, -0.2) is 24.2 Å². The number of esters is 3. The van der Waals surface area contributed by atoms with E-state index in [1.807, 2.05) is 0 Å². The van der Waals surface area contributed by atoms with Crippen molar-refractivity contribution < 1.29 is 70.5 Å². The summed E-state index contributed by atoms with van der Waals surface area (Å²) < 4.78 is 57.6. The van der Waals surface area contributed by atoms with Crippen LogP contribution < -0.4 is 20.1 Å². The fourth-order valence-corrected chi connectivity index (χ4v) is 6.57. The molecule has 0 radical (unpaired) electrons. The Hall–Kier alpha value is -6.22. The van der Waals surface area contributed by atoms with E-state index < -0.39 is 117 Å². The minimum atomic E-state index is -5.16. The Morgan fingerprint density at radius 1 is 0.652 bits per heavy atom. The number of ketones is 2. The van der Waals surface area contributed by atoms with E-state index in [9.17, 15) is 46.8 Å². The van der Waals surface area contributed by atoms with Crippen molar-refractivity contribution in [2.45, 2.75) is 158 Å². The molecule has 2 aromatic rings. The second-order valence-corrected chi connectivity index (χ2v) is 20.8. The number of amides is 3. The molecular formula is C45H63N5O15S. The summed E-state index contributed by atoms with van der Waals surface area (Å²) in [4.78, 5) is 109. The lowest BCUT2D eigenvalue weighted by Crippen LogP contribution is -2.52. The lowest BCUT2D eigenvalue weighted by atomic mass is 10.0. The molecular weight excluding hydrogens is 883 g/mol. The number of Topliss-reactive ketones (excluding diaryl/α,β-unsaturated/α-hetero) is 2. The molecule has 66 heavy (non-hydrogen) atoms. The Balaban J connectivity index is 2.72. The number of benzene rings is 2. The van der Waals surface area contributed by atoms with Gasteiger partial charge in [0.15, 0.2) is 0 Å². The number of ether oxygens (including phenoxy) is 5. The Kier molecular flexibility index (Phi) is 18.9. The molecule has 20 nitrogen and oxygen atoms in total. The number of nitrogens with one attached hydrogen (secondary N) is 3. The van der Waals surface area contributed by atoms with Crippen LogP contribution in [0.2, 0.25) is 0 Å². The fourth-order valence-electron chi connectivity index (χ4n) is 5.36. The lowest BCUT2D eigenvalue weighted by molar-refractivity contribution is -0.158. The van der Waals surface area contributed by atoms with E-state index in [0.29, 0.717) is 5.69 Å². The first-order chi connectivity index (χ1) is 29.9. The van der Waals surface area contributed by atoms with Gasteiger partial charge in [0.2, 0.25) is 0 Å². The number of aliphatic imine (C=N–C) groups is 1. The monoisotopic (exact) mass is 945 g/mol. The van der Waals surface area contributed by atoms with E-state index in [-0.39, 0.29) is 27.0 Å². The average molecular weight is 946 g/mol. The number of hydrogen-bond acceptors (Lipinski definition) is 16. The van der Waals surface area contributed by atoms with Crippen molar-refractivity contribution >= 4 is 69.3 Å². The van der Waals surface area contributed by atoms with Gasteiger partial charge in [-0.05, 0) is 146 Å². The van der Waals surface area contributed by atoms with Gasteiger partial charge in [0.1, 0.15) is 57.6 Å². The quantitative estimate of drug-likeness (QED) is 0.0559. The first kappa shape index (κ1) is 55.9. The highest BCUT2D eigenvalue weighted by molar-refractivity contribution is 7.87. The molecule has 2 rings (SSSR count). The van der Waals surface area contributed by atoms with E-state index in [1.54, 1.807) is 41.5 Å². The Morgan fingerprint density at radius 3 is 1.62 bits per heavy atom. The molecule has 0 bridgehead atoms. The maximum atomic E-state index is 14.2. The molecule has 2 aromatic carbocycles. The van der Waals surface area contributed by atoms with Crippen LogP contribution in [0.1, 0.15) is 143 Å². The first-order valence-corrected chi connectivity index (χ1v) is 22.2. The molecule has 0 aromatic heterocycles. The number of rotatable bonds is 16. The molecule has 21 heteroatoms. The predicted molar refractivity (Wildman–Crippen MR) is 241 cm³/mol. The number of hydrogen-bond donors (Lipinski definition) is 3. The SMILES string of the molecule is CC(=O)C[C@H](NC(=O)c1cc(OC(=O)c2ccc(N=C(C)NC(=O)OC(C)(C)C)cc2)ccc1CN(C(=O)OC(C)(C)C)S(=O)(=O)N[C@@H](CC(C)=O)C(=O)OC(C)(C)C)C(=O)OC(C)(C)C. The van der Waals surface area contributed by atoms with Crippen LogP contribution in [0.3, 0.4) is 0 Å². The lowest BCUT2D eigenvalue weighted by Gasteiger charge is -2.30. The third-order valence-corrected chi connectivity index (χ3v) is 9.22. The molecule has 364 valence electrons. The number of amidine groups is 1. The summed E-state index contributed by atoms with van der Waals surface area (Å²) in [5, 5.41) is 4.93. The summed E-state index contributed by atoms with van der Waals surface area (Å²) in [5.74, 6) is -5.26. The summed E-state index contributed by atoms with van der Waals surface area (Å²) >= 11 is 0. The van der Waals surface area contributed by atoms with E-state index in [0.717, 1.165) is 19.1 Å². The molecule has 0 aliphatic heterocycles. The Labute approximate surface area is 386 Å². The fraction of sp³-hybridized carbons (Fsp3) is 0.533. The van der Waals surface area contributed by atoms with Gasteiger partial charge in [0.05, 0.1) is 17.8 Å². The van der Waals surface area contributed by atoms with Gasteiger partial charge in [0.25, 0.3) is 5.91 Å². The van der Waals surface area contributed by atoms with Crippen molar-refractivity contribution in [1.29, 1.82) is 0 Å². The van der Waals surface area contributed by atoms with Crippen LogP contribution >= 0.6 is 0 Å². The minimum absolute atomic E-state index is 0.0200. The topological polar surface area (TPSA) is 269 Å². The van der Waals surface area contributed by atoms with Crippen LogP contribution in [0.4, 0.5) is 15.3 Å². The Bertz CT molecular complexity index is 2300. The van der Waals surface area contributed by atoms with Gasteiger partial charge in [0, 0.05) is 18.4 Å². The van der Waals surface area contributed by atoms with Crippen molar-refractivity contribution in [3.8, 4) is 5.75 Å². The van der Waals surface area contributed by atoms with Crippen LogP contribution in [0.15, 0.2) is 47.5 Å². The molecule has 0 saturated heterocycles. The summed E-state index contributed by atoms with van der Waals surface area (Å²) in [6.45, 7) is 21.6. The van der Waals surface area contributed by atoms with Crippen molar-refractivity contribution in [3.63, 3.8) is 0 Å². The Morgan fingerprint density at radius 2 is 1.14 bits per heavy atom. The zero-order valence-corrected chi connectivity index (χ0v) is 41.1. The number of alkyl carbamates (subject to hydrolysis) is 1. The molecule has 0 saturated carbocycles. The molecule has 0 heterocycles. The van der Waals surface area contributed by atoms with Gasteiger partial charge in [-0.2, -0.15) is 17.4 Å². The second kappa shape index (κ2) is 22.3. The maximum absolute atomic E-state index is 14.2. The summed E-state index contributed by atoms with van der Waals surface area (Å²) in [5.41, 5.74) is -4.45. The van der Waals surface area contributed by atoms with Crippen molar-refractivity contribution in [2.24, 2.45) is 4.99 Å². The first-order valence-electron chi connectivity index (χ1n) is 20.7. The molecule has 0 unspecified atom stereocenters. The van der Waals surface area contributed by atoms with Crippen LogP contribution in [-0.4, -0.2) is 101 Å². The normalized spacial score (nSPS) is 13.3. The third kappa shape index (κ3) is 20.3. The predicted octanol–water partition coefficient (Wildman–Crippen LogP) is 6.16. The summed E-state index contributed by atoms with van der Waals surface area (Å²) in [6.07, 6.45) is -3.34. The third-order valence-electron chi connectivity index (χ3n) is 7.78. The van der Waals surface area contributed by atoms with Gasteiger partial charge in [-0.3, -0.25) is 24.5 Å². The highest BCUT2D eigenvalue weighted by atomic mass is 32.2. The van der Waals surface area contributed by atoms with E-state index in [4.69, 9.17) is 23.7 Å². The number of carbonyl (C=O) groups is 8. The zero-order valence-electron chi connectivity index (χ0n) is 40.2. The smallest absolute Gasteiger partial charge is 0.425 e. The van der Waals surface area contributed by atoms with E-state index in [1.165, 1.54) is 85.7 Å². The molecule has 2 atom stereocenters. The number of nitrogens with zero attached hydrogens (tertiary/aromatic N) is 2. The van der Waals surface area contributed by atoms with Crippen LogP contribution in [0.5, 0.6) is 5.75 Å². The van der Waals surface area contributed by atoms with Gasteiger partial charge < -0.3 is 29.0 Å². The highest BCUT2D eigenvalue weighted by Crippen LogP contribution is 2.25. The van der Waals surface area contributed by atoms with E-state index >= 15 is 0 Å². The second-order valence-electron chi connectivity index (χ2n) is 19.1. The zero-order chi connectivity index (χ0) is 50.7. The minimum Gasteiger partial charge on any atom is -0.459 e. The summed E-state index contributed by atoms with van der Waals surface area (Å²) in [7, 11) is -5.16. The van der Waals surface area contributed by atoms with Crippen LogP contribution in [0, 0.1) is 0 Å². The molecule has 0 aliphatic rings. The van der Waals surface area contributed by atoms with Gasteiger partial charge >= 0.3 is 40.3 Å². The molecule has 3 N–H and O–H groups in total. The van der Waals surface area contributed by atoms with Crippen LogP contribution in [-0.2, 0) is 54.9 Å². The van der Waals surface area contributed by atoms with Crippen molar-refractivity contribution in [2.75, 3.05) is 0 Å². The van der Waals surface area contributed by atoms with Gasteiger partial charge in [-0.15, -0.1) is 0 Å². The highest BCUT2D eigenvalue weighted by Gasteiger charge is 2.38. The molecule has 0 fully saturated rings. The maximum Gasteiger partial charge on any atom is 0.425 e. The van der Waals surface area contributed by atoms with Crippen molar-refractivity contribution in [3.05, 3.63) is 59.2 Å². The van der Waals surface area contributed by atoms with E-state index in [2.05, 4.69) is 20.3 Å². The number of carbonyl (C=O) groups excluding carboxylic acids is 8. The van der Waals surface area contributed by atoms with Gasteiger partial charge in [-0.1, -0.05) is 6.07 Å². The molecule has 0 aliphatic carbocycles. The molecule has 0 spiro atoms. The summed E-state index contributed by atoms with van der Waals surface area (Å²) in [6, 6.07) is 5.74. The standard InChI is InChI=1S/C45H63N5O15S/c1-26(51)22-34(38(55)62-42(4,5)6)48-36(53)33-24-32(61-37(54)29-16-19-31(20-17-29)46-28(3)47-40(57)64-44(10,11)12)21-18-30(33)25-50(41(58)65-45(13,14)15)66(59,60)49-35(23-27(2)52)39(56)63-43(7,8)9/h16-21,24,34-35,49H,22-23,25H2,1-15H3,(H,48,53)(H,46,47,57)/t34-,35-/m0/s1. The van der Waals surface area contributed by atoms with Crippen LogP contribution in [0.25, 0.3) is 0 Å². The largest absolute Gasteiger partial charge is 0.459 e.